The highest BCUT2D eigenvalue weighted by Gasteiger charge is 2.15. The van der Waals surface area contributed by atoms with Gasteiger partial charge in [-0.2, -0.15) is 8.78 Å². The molecule has 0 bridgehead atoms. The van der Waals surface area contributed by atoms with Crippen LogP contribution in [-0.4, -0.2) is 26.9 Å². The van der Waals surface area contributed by atoms with Gasteiger partial charge in [-0.15, -0.1) is 0 Å². The van der Waals surface area contributed by atoms with Gasteiger partial charge < -0.3 is 24.8 Å². The van der Waals surface area contributed by atoms with Crippen LogP contribution < -0.4 is 24.8 Å². The number of hydrogen-bond acceptors (Lipinski definition) is 4. The van der Waals surface area contributed by atoms with Gasteiger partial charge in [0.1, 0.15) is 17.2 Å². The van der Waals surface area contributed by atoms with Crippen molar-refractivity contribution in [2.75, 3.05) is 14.2 Å². The summed E-state index contributed by atoms with van der Waals surface area (Å²) in [6, 6.07) is 10.8. The van der Waals surface area contributed by atoms with Crippen LogP contribution in [0.1, 0.15) is 24.1 Å². The van der Waals surface area contributed by atoms with E-state index < -0.39 is 12.6 Å². The molecular weight excluding hydrogens is 358 g/mol. The number of carbonyl (C=O) groups excluding carboxylic acids is 1. The number of amides is 2. The number of halogens is 2. The maximum atomic E-state index is 12.4. The van der Waals surface area contributed by atoms with Gasteiger partial charge in [-0.25, -0.2) is 4.79 Å². The topological polar surface area (TPSA) is 68.8 Å². The van der Waals surface area contributed by atoms with Crippen LogP contribution in [0.3, 0.4) is 0 Å². The molecule has 0 heterocycles. The van der Waals surface area contributed by atoms with E-state index in [1.54, 1.807) is 50.4 Å². The highest BCUT2D eigenvalue weighted by atomic mass is 19.3. The third-order valence-corrected chi connectivity index (χ3v) is 3.88. The first-order chi connectivity index (χ1) is 12.9. The lowest BCUT2D eigenvalue weighted by Crippen LogP contribution is -2.36. The normalized spacial score (nSPS) is 11.6. The zero-order valence-electron chi connectivity index (χ0n) is 15.3. The van der Waals surface area contributed by atoms with Crippen molar-refractivity contribution in [1.82, 2.24) is 10.6 Å². The van der Waals surface area contributed by atoms with Crippen molar-refractivity contribution in [3.8, 4) is 17.2 Å². The minimum absolute atomic E-state index is 0.0256. The quantitative estimate of drug-likeness (QED) is 0.730. The van der Waals surface area contributed by atoms with Gasteiger partial charge in [-0.1, -0.05) is 18.2 Å². The molecule has 1 unspecified atom stereocenters. The Hall–Kier alpha value is -3.03. The second-order valence-electron chi connectivity index (χ2n) is 5.64. The van der Waals surface area contributed by atoms with Crippen molar-refractivity contribution in [2.45, 2.75) is 26.1 Å². The van der Waals surface area contributed by atoms with Crippen LogP contribution in [0.4, 0.5) is 13.6 Å². The number of para-hydroxylation sites is 1. The smallest absolute Gasteiger partial charge is 0.387 e. The lowest BCUT2D eigenvalue weighted by molar-refractivity contribution is -0.0504. The second kappa shape index (κ2) is 9.61. The van der Waals surface area contributed by atoms with Crippen LogP contribution >= 0.6 is 0 Å². The Kier molecular flexibility index (Phi) is 7.22. The number of ether oxygens (including phenoxy) is 3. The van der Waals surface area contributed by atoms with Gasteiger partial charge in [-0.05, 0) is 25.1 Å². The van der Waals surface area contributed by atoms with Crippen molar-refractivity contribution in [2.24, 2.45) is 0 Å². The molecule has 0 saturated heterocycles. The Labute approximate surface area is 156 Å². The Morgan fingerprint density at radius 2 is 1.81 bits per heavy atom. The molecule has 146 valence electrons. The van der Waals surface area contributed by atoms with Crippen LogP contribution in [0.25, 0.3) is 0 Å². The number of urea groups is 1. The highest BCUT2D eigenvalue weighted by Crippen LogP contribution is 2.29. The van der Waals surface area contributed by atoms with Crippen molar-refractivity contribution < 1.29 is 27.8 Å². The number of rotatable bonds is 8. The van der Waals surface area contributed by atoms with Crippen molar-refractivity contribution in [3.05, 3.63) is 53.6 Å². The number of methoxy groups -OCH3 is 2. The Morgan fingerprint density at radius 1 is 1.07 bits per heavy atom. The van der Waals surface area contributed by atoms with Gasteiger partial charge in [0.25, 0.3) is 0 Å². The molecule has 0 radical (unpaired) electrons. The summed E-state index contributed by atoms with van der Waals surface area (Å²) in [6.45, 7) is -1.08. The average molecular weight is 380 g/mol. The molecule has 2 aromatic rings. The van der Waals surface area contributed by atoms with E-state index in [4.69, 9.17) is 9.47 Å². The molecule has 2 amide bonds. The molecular formula is C19H22F2N2O4. The van der Waals surface area contributed by atoms with E-state index in [0.29, 0.717) is 17.1 Å². The molecule has 0 spiro atoms. The first kappa shape index (κ1) is 20.3. The van der Waals surface area contributed by atoms with Gasteiger partial charge in [0, 0.05) is 23.7 Å². The fourth-order valence-electron chi connectivity index (χ4n) is 2.54. The maximum absolute atomic E-state index is 12.4. The predicted octanol–water partition coefficient (Wildman–Crippen LogP) is 3.87. The van der Waals surface area contributed by atoms with E-state index in [2.05, 4.69) is 15.4 Å². The zero-order chi connectivity index (χ0) is 19.8. The van der Waals surface area contributed by atoms with E-state index >= 15 is 0 Å². The molecule has 0 saturated carbocycles. The lowest BCUT2D eigenvalue weighted by atomic mass is 10.1. The molecule has 0 aliphatic heterocycles. The van der Waals surface area contributed by atoms with Crippen molar-refractivity contribution in [1.29, 1.82) is 0 Å². The average Bonchev–Trinajstić information content (AvgIpc) is 2.66. The summed E-state index contributed by atoms with van der Waals surface area (Å²) < 4.78 is 39.8. The summed E-state index contributed by atoms with van der Waals surface area (Å²) in [6.07, 6.45) is 0. The van der Waals surface area contributed by atoms with Crippen LogP contribution in [0.5, 0.6) is 17.2 Å². The summed E-state index contributed by atoms with van der Waals surface area (Å²) in [5, 5.41) is 5.41. The molecule has 0 aliphatic carbocycles. The van der Waals surface area contributed by atoms with E-state index in [1.165, 1.54) is 13.2 Å². The lowest BCUT2D eigenvalue weighted by Gasteiger charge is -2.19. The van der Waals surface area contributed by atoms with E-state index in [0.717, 1.165) is 5.56 Å². The van der Waals surface area contributed by atoms with E-state index in [-0.39, 0.29) is 18.3 Å². The maximum Gasteiger partial charge on any atom is 0.387 e. The minimum atomic E-state index is -2.93. The van der Waals surface area contributed by atoms with Crippen LogP contribution in [-0.2, 0) is 6.54 Å². The Bertz CT molecular complexity index is 771. The van der Waals surface area contributed by atoms with Crippen LogP contribution in [0, 0.1) is 0 Å². The molecule has 0 aromatic heterocycles. The number of hydrogen-bond donors (Lipinski definition) is 2. The molecule has 27 heavy (non-hydrogen) atoms. The zero-order valence-corrected chi connectivity index (χ0v) is 15.3. The SMILES string of the molecule is COc1ccc(C(C)NC(=O)NCc2ccccc2OC(F)F)c(OC)c1. The monoisotopic (exact) mass is 380 g/mol. The number of carbonyl (C=O) groups is 1. The predicted molar refractivity (Wildman–Crippen MR) is 96.4 cm³/mol. The Balaban J connectivity index is 1.98. The number of alkyl halides is 2. The summed E-state index contributed by atoms with van der Waals surface area (Å²) in [7, 11) is 3.09. The Morgan fingerprint density at radius 3 is 2.48 bits per heavy atom. The third-order valence-electron chi connectivity index (χ3n) is 3.88. The van der Waals surface area contributed by atoms with Crippen molar-refractivity contribution >= 4 is 6.03 Å². The summed E-state index contributed by atoms with van der Waals surface area (Å²) in [5.41, 5.74) is 1.22. The fourth-order valence-corrected chi connectivity index (χ4v) is 2.54. The van der Waals surface area contributed by atoms with E-state index in [1.807, 2.05) is 0 Å². The van der Waals surface area contributed by atoms with Gasteiger partial charge in [0.05, 0.1) is 20.3 Å². The summed E-state index contributed by atoms with van der Waals surface area (Å²) in [4.78, 5) is 12.2. The fraction of sp³-hybridized carbons (Fsp3) is 0.316. The molecule has 2 rings (SSSR count). The van der Waals surface area contributed by atoms with Crippen molar-refractivity contribution in [3.63, 3.8) is 0 Å². The highest BCUT2D eigenvalue weighted by molar-refractivity contribution is 5.74. The first-order valence-corrected chi connectivity index (χ1v) is 8.23. The number of nitrogens with one attached hydrogen (secondary N) is 2. The van der Waals surface area contributed by atoms with Gasteiger partial charge >= 0.3 is 12.6 Å². The molecule has 2 aromatic carbocycles. The molecule has 6 nitrogen and oxygen atoms in total. The van der Waals surface area contributed by atoms with Gasteiger partial charge in [0.2, 0.25) is 0 Å². The standard InChI is InChI=1S/C19H22F2N2O4/c1-12(15-9-8-14(25-2)10-17(15)26-3)23-19(24)22-11-13-6-4-5-7-16(13)27-18(20)21/h4-10,12,18H,11H2,1-3H3,(H2,22,23,24). The third kappa shape index (κ3) is 5.73. The van der Waals surface area contributed by atoms with Gasteiger partial charge in [0.15, 0.2) is 0 Å². The number of benzene rings is 2. The first-order valence-electron chi connectivity index (χ1n) is 8.23. The minimum Gasteiger partial charge on any atom is -0.497 e. The van der Waals surface area contributed by atoms with Crippen LogP contribution in [0.2, 0.25) is 0 Å². The summed E-state index contributed by atoms with van der Waals surface area (Å²) >= 11 is 0. The molecule has 1 atom stereocenters. The molecule has 8 heteroatoms. The van der Waals surface area contributed by atoms with E-state index in [9.17, 15) is 13.6 Å². The molecule has 0 aliphatic rings. The van der Waals surface area contributed by atoms with Gasteiger partial charge in [-0.3, -0.25) is 0 Å². The molecule has 0 fully saturated rings. The largest absolute Gasteiger partial charge is 0.497 e. The van der Waals surface area contributed by atoms with Crippen LogP contribution in [0.15, 0.2) is 42.5 Å². The molecule has 2 N–H and O–H groups in total. The summed E-state index contributed by atoms with van der Waals surface area (Å²) in [5.74, 6) is 1.25. The second-order valence-corrected chi connectivity index (χ2v) is 5.64.